The average Bonchev–Trinajstić information content (AvgIpc) is 2.89. The minimum atomic E-state index is -0.593. The number of aromatic nitrogens is 2. The third-order valence-corrected chi connectivity index (χ3v) is 5.08. The third-order valence-electron chi connectivity index (χ3n) is 4.02. The smallest absolute Gasteiger partial charge is 0.152 e. The lowest BCUT2D eigenvalue weighted by atomic mass is 9.92. The van der Waals surface area contributed by atoms with Crippen molar-refractivity contribution in [2.75, 3.05) is 6.61 Å². The molecule has 1 aromatic heterocycles. The van der Waals surface area contributed by atoms with Crippen LogP contribution in [0.5, 0.6) is 0 Å². The van der Waals surface area contributed by atoms with Crippen molar-refractivity contribution in [3.05, 3.63) is 37.8 Å². The van der Waals surface area contributed by atoms with Crippen LogP contribution < -0.4 is 0 Å². The molecule has 1 aliphatic rings. The van der Waals surface area contributed by atoms with Crippen LogP contribution in [0.15, 0.2) is 12.3 Å². The standard InChI is InChI=1S/C16H14ClFIN3O/c1-22-16(12(19)8-21-22)14-10(7-20)9(6-11(17)15(14)18)13-4-2-3-5-23-13/h6,8,13H,2-5H2,1H3. The Kier molecular flexibility index (Phi) is 4.90. The van der Waals surface area contributed by atoms with E-state index in [0.717, 1.165) is 22.8 Å². The van der Waals surface area contributed by atoms with Crippen LogP contribution in [0.25, 0.3) is 11.3 Å². The van der Waals surface area contributed by atoms with Gasteiger partial charge in [-0.25, -0.2) is 4.39 Å². The number of nitriles is 1. The number of ether oxygens (including phenoxy) is 1. The molecule has 23 heavy (non-hydrogen) atoms. The zero-order valence-electron chi connectivity index (χ0n) is 12.4. The molecule has 0 bridgehead atoms. The molecule has 3 rings (SSSR count). The van der Waals surface area contributed by atoms with E-state index in [1.54, 1.807) is 17.9 Å². The van der Waals surface area contributed by atoms with Gasteiger partial charge in [0.1, 0.15) is 6.07 Å². The number of rotatable bonds is 2. The van der Waals surface area contributed by atoms with Gasteiger partial charge in [-0.1, -0.05) is 11.6 Å². The zero-order valence-corrected chi connectivity index (χ0v) is 15.4. The van der Waals surface area contributed by atoms with Crippen molar-refractivity contribution in [1.82, 2.24) is 9.78 Å². The zero-order chi connectivity index (χ0) is 16.6. The molecule has 1 aliphatic heterocycles. The molecule has 2 heterocycles. The van der Waals surface area contributed by atoms with Crippen LogP contribution in [0.1, 0.15) is 36.5 Å². The Morgan fingerprint density at radius 3 is 2.87 bits per heavy atom. The summed E-state index contributed by atoms with van der Waals surface area (Å²) in [6.07, 6.45) is 4.23. The lowest BCUT2D eigenvalue weighted by Crippen LogP contribution is -2.14. The number of benzene rings is 1. The fourth-order valence-corrected chi connectivity index (χ4v) is 3.88. The van der Waals surface area contributed by atoms with Crippen molar-refractivity contribution in [3.8, 4) is 17.3 Å². The molecule has 1 unspecified atom stereocenters. The van der Waals surface area contributed by atoms with E-state index in [2.05, 4.69) is 33.8 Å². The first kappa shape index (κ1) is 16.7. The minimum absolute atomic E-state index is 0.000161. The van der Waals surface area contributed by atoms with Crippen LogP contribution in [0.4, 0.5) is 4.39 Å². The maximum Gasteiger partial charge on any atom is 0.152 e. The van der Waals surface area contributed by atoms with Gasteiger partial charge in [-0.2, -0.15) is 10.4 Å². The summed E-state index contributed by atoms with van der Waals surface area (Å²) in [5, 5.41) is 13.8. The number of halogens is 3. The van der Waals surface area contributed by atoms with Gasteiger partial charge in [-0.05, 0) is 47.9 Å². The van der Waals surface area contributed by atoms with Crippen LogP contribution in [0.2, 0.25) is 5.02 Å². The van der Waals surface area contributed by atoms with E-state index < -0.39 is 5.82 Å². The Morgan fingerprint density at radius 1 is 1.52 bits per heavy atom. The fourth-order valence-electron chi connectivity index (χ4n) is 2.92. The van der Waals surface area contributed by atoms with Crippen LogP contribution in [-0.4, -0.2) is 16.4 Å². The molecule has 0 saturated carbocycles. The van der Waals surface area contributed by atoms with Crippen LogP contribution in [-0.2, 0) is 11.8 Å². The van der Waals surface area contributed by atoms with Crippen molar-refractivity contribution >= 4 is 34.2 Å². The van der Waals surface area contributed by atoms with E-state index >= 15 is 0 Å². The largest absolute Gasteiger partial charge is 0.373 e. The van der Waals surface area contributed by atoms with Crippen LogP contribution in [0.3, 0.4) is 0 Å². The van der Waals surface area contributed by atoms with Crippen molar-refractivity contribution in [3.63, 3.8) is 0 Å². The van der Waals surface area contributed by atoms with Gasteiger partial charge < -0.3 is 4.74 Å². The molecule has 1 fully saturated rings. The molecule has 7 heteroatoms. The van der Waals surface area contributed by atoms with E-state index in [1.165, 1.54) is 6.07 Å². The van der Waals surface area contributed by atoms with E-state index in [9.17, 15) is 9.65 Å². The Hall–Kier alpha value is -1.17. The van der Waals surface area contributed by atoms with Gasteiger partial charge in [0.2, 0.25) is 0 Å². The highest BCUT2D eigenvalue weighted by Crippen LogP contribution is 2.40. The molecule has 0 spiro atoms. The van der Waals surface area contributed by atoms with E-state index in [0.29, 0.717) is 17.9 Å². The molecule has 0 radical (unpaired) electrons. The van der Waals surface area contributed by atoms with Gasteiger partial charge in [0.05, 0.1) is 37.7 Å². The fraction of sp³-hybridized carbons (Fsp3) is 0.375. The van der Waals surface area contributed by atoms with Crippen LogP contribution >= 0.6 is 34.2 Å². The molecular weight excluding hydrogens is 432 g/mol. The molecule has 0 amide bonds. The van der Waals surface area contributed by atoms with Crippen molar-refractivity contribution in [2.45, 2.75) is 25.4 Å². The Bertz CT molecular complexity index is 774. The lowest BCUT2D eigenvalue weighted by Gasteiger charge is -2.25. The number of hydrogen-bond donors (Lipinski definition) is 0. The first-order valence-corrected chi connectivity index (χ1v) is 8.71. The predicted octanol–water partition coefficient (Wildman–Crippen LogP) is 4.60. The van der Waals surface area contributed by atoms with Gasteiger partial charge in [0.25, 0.3) is 0 Å². The van der Waals surface area contributed by atoms with Crippen molar-refractivity contribution in [1.29, 1.82) is 5.26 Å². The summed E-state index contributed by atoms with van der Waals surface area (Å²) in [7, 11) is 1.72. The quantitative estimate of drug-likeness (QED) is 0.635. The van der Waals surface area contributed by atoms with Gasteiger partial charge in [-0.3, -0.25) is 4.68 Å². The minimum Gasteiger partial charge on any atom is -0.373 e. The summed E-state index contributed by atoms with van der Waals surface area (Å²) >= 11 is 8.20. The highest BCUT2D eigenvalue weighted by molar-refractivity contribution is 14.1. The molecule has 1 saturated heterocycles. The molecule has 0 N–H and O–H groups in total. The summed E-state index contributed by atoms with van der Waals surface area (Å²) in [6, 6.07) is 3.68. The molecule has 1 atom stereocenters. The van der Waals surface area contributed by atoms with Gasteiger partial charge in [0.15, 0.2) is 5.82 Å². The van der Waals surface area contributed by atoms with Crippen LogP contribution in [0, 0.1) is 20.7 Å². The summed E-state index contributed by atoms with van der Waals surface area (Å²) in [4.78, 5) is 0. The maximum absolute atomic E-state index is 14.8. The highest BCUT2D eigenvalue weighted by Gasteiger charge is 2.28. The van der Waals surface area contributed by atoms with E-state index in [-0.39, 0.29) is 22.3 Å². The molecule has 1 aromatic carbocycles. The Morgan fingerprint density at radius 2 is 2.30 bits per heavy atom. The number of aryl methyl sites for hydroxylation is 1. The summed E-state index contributed by atoms with van der Waals surface area (Å²) in [5.74, 6) is -0.593. The first-order chi connectivity index (χ1) is 11.0. The van der Waals surface area contributed by atoms with Gasteiger partial charge in [-0.15, -0.1) is 0 Å². The predicted molar refractivity (Wildman–Crippen MR) is 93.6 cm³/mol. The molecule has 0 aliphatic carbocycles. The lowest BCUT2D eigenvalue weighted by molar-refractivity contribution is 0.0148. The van der Waals surface area contributed by atoms with Crippen molar-refractivity contribution < 1.29 is 9.13 Å². The molecule has 120 valence electrons. The Labute approximate surface area is 152 Å². The monoisotopic (exact) mass is 445 g/mol. The highest BCUT2D eigenvalue weighted by atomic mass is 127. The van der Waals surface area contributed by atoms with Gasteiger partial charge in [0, 0.05) is 19.2 Å². The second kappa shape index (κ2) is 6.75. The Balaban J connectivity index is 2.27. The van der Waals surface area contributed by atoms with Crippen molar-refractivity contribution in [2.24, 2.45) is 7.05 Å². The number of hydrogen-bond acceptors (Lipinski definition) is 3. The average molecular weight is 446 g/mol. The topological polar surface area (TPSA) is 50.8 Å². The summed E-state index contributed by atoms with van der Waals surface area (Å²) in [5.41, 5.74) is 1.69. The molecule has 4 nitrogen and oxygen atoms in total. The second-order valence-corrected chi connectivity index (χ2v) is 7.01. The molecular formula is C16H14ClFIN3O. The van der Waals surface area contributed by atoms with E-state index in [4.69, 9.17) is 16.3 Å². The summed E-state index contributed by atoms with van der Waals surface area (Å²) in [6.45, 7) is 0.642. The number of nitrogens with zero attached hydrogens (tertiary/aromatic N) is 3. The summed E-state index contributed by atoms with van der Waals surface area (Å²) < 4.78 is 22.8. The first-order valence-electron chi connectivity index (χ1n) is 7.26. The van der Waals surface area contributed by atoms with Gasteiger partial charge >= 0.3 is 0 Å². The molecule has 2 aromatic rings. The normalized spacial score (nSPS) is 18.0. The maximum atomic E-state index is 14.8. The SMILES string of the molecule is Cn1ncc(I)c1-c1c(F)c(Cl)cc(C2CCCCO2)c1C#N. The third kappa shape index (κ3) is 2.97. The van der Waals surface area contributed by atoms with E-state index in [1.807, 2.05) is 0 Å². The second-order valence-electron chi connectivity index (χ2n) is 5.44.